The molecule has 1 atom stereocenters. The van der Waals surface area contributed by atoms with Crippen LogP contribution < -0.4 is 5.73 Å². The molecule has 4 N–H and O–H groups in total. The van der Waals surface area contributed by atoms with Crippen molar-refractivity contribution < 1.29 is 24.5 Å². The van der Waals surface area contributed by atoms with Crippen LogP contribution in [0.25, 0.3) is 0 Å². The highest BCUT2D eigenvalue weighted by Gasteiger charge is 2.14. The zero-order valence-corrected chi connectivity index (χ0v) is 11.7. The number of carbonyl (C=O) groups excluding carboxylic acids is 1. The van der Waals surface area contributed by atoms with E-state index in [2.05, 4.69) is 0 Å². The number of phenolic OH excluding ortho intramolecular Hbond substituents is 1. The third kappa shape index (κ3) is 8.10. The van der Waals surface area contributed by atoms with Gasteiger partial charge in [0.15, 0.2) is 0 Å². The number of carbonyl (C=O) groups is 2. The second kappa shape index (κ2) is 9.80. The predicted octanol–water partition coefficient (Wildman–Crippen LogP) is 1.31. The molecule has 6 heteroatoms. The number of phenols is 1. The van der Waals surface area contributed by atoms with Crippen molar-refractivity contribution in [2.75, 3.05) is 6.61 Å². The van der Waals surface area contributed by atoms with Crippen LogP contribution >= 0.6 is 0 Å². The Morgan fingerprint density at radius 3 is 2.15 bits per heavy atom. The average molecular weight is 283 g/mol. The first-order chi connectivity index (χ1) is 9.40. The molecule has 1 aromatic carbocycles. The topological polar surface area (TPSA) is 110 Å². The molecule has 0 saturated carbocycles. The number of carboxylic acids is 1. The van der Waals surface area contributed by atoms with Crippen LogP contribution in [0.2, 0.25) is 0 Å². The molecular weight excluding hydrogens is 262 g/mol. The highest BCUT2D eigenvalue weighted by molar-refractivity contribution is 5.75. The third-order valence-electron chi connectivity index (χ3n) is 2.28. The summed E-state index contributed by atoms with van der Waals surface area (Å²) in [6.45, 7) is 3.68. The van der Waals surface area contributed by atoms with E-state index >= 15 is 0 Å². The van der Waals surface area contributed by atoms with Crippen LogP contribution in [0.5, 0.6) is 5.75 Å². The number of aromatic hydroxyl groups is 1. The van der Waals surface area contributed by atoms with Crippen molar-refractivity contribution in [2.24, 2.45) is 5.73 Å². The average Bonchev–Trinajstić information content (AvgIpc) is 2.42. The number of esters is 1. The second-order valence-corrected chi connectivity index (χ2v) is 3.98. The van der Waals surface area contributed by atoms with E-state index in [-0.39, 0.29) is 12.2 Å². The van der Waals surface area contributed by atoms with E-state index in [1.54, 1.807) is 38.1 Å². The maximum absolute atomic E-state index is 11.2. The Kier molecular flexibility index (Phi) is 8.78. The summed E-state index contributed by atoms with van der Waals surface area (Å²) in [6, 6.07) is 5.94. The minimum atomic E-state index is -0.745. The van der Waals surface area contributed by atoms with Crippen LogP contribution in [0.1, 0.15) is 25.8 Å². The van der Waals surface area contributed by atoms with Gasteiger partial charge in [0, 0.05) is 6.42 Å². The zero-order valence-electron chi connectivity index (χ0n) is 11.7. The fraction of sp³-hybridized carbons (Fsp3) is 0.429. The highest BCUT2D eigenvalue weighted by atomic mass is 16.5. The Hall–Kier alpha value is -2.08. The molecule has 0 fully saturated rings. The lowest BCUT2D eigenvalue weighted by Crippen LogP contribution is -2.34. The molecule has 0 aliphatic carbocycles. The van der Waals surface area contributed by atoms with Crippen LogP contribution in [0.4, 0.5) is 0 Å². The minimum Gasteiger partial charge on any atom is -0.508 e. The number of carboxylic acid groups (broad SMARTS) is 1. The number of nitrogens with two attached hydrogens (primary N) is 1. The third-order valence-corrected chi connectivity index (χ3v) is 2.28. The Balaban J connectivity index is 0.000000621. The van der Waals surface area contributed by atoms with Gasteiger partial charge in [-0.3, -0.25) is 9.59 Å². The van der Waals surface area contributed by atoms with E-state index < -0.39 is 18.0 Å². The molecule has 0 unspecified atom stereocenters. The van der Waals surface area contributed by atoms with E-state index in [0.29, 0.717) is 13.0 Å². The van der Waals surface area contributed by atoms with Crippen molar-refractivity contribution >= 4 is 11.9 Å². The molecular formula is C14H21NO5. The van der Waals surface area contributed by atoms with Gasteiger partial charge >= 0.3 is 11.9 Å². The van der Waals surface area contributed by atoms with Crippen molar-refractivity contribution in [3.63, 3.8) is 0 Å². The Morgan fingerprint density at radius 1 is 1.25 bits per heavy atom. The Labute approximate surface area is 118 Å². The largest absolute Gasteiger partial charge is 0.508 e. The summed E-state index contributed by atoms with van der Waals surface area (Å²) in [5, 5.41) is 16.8. The predicted molar refractivity (Wildman–Crippen MR) is 74.3 cm³/mol. The van der Waals surface area contributed by atoms with Crippen molar-refractivity contribution in [1.29, 1.82) is 0 Å². The van der Waals surface area contributed by atoms with Gasteiger partial charge in [-0.1, -0.05) is 19.1 Å². The van der Waals surface area contributed by atoms with Gasteiger partial charge in [-0.25, -0.2) is 0 Å². The van der Waals surface area contributed by atoms with Gasteiger partial charge in [-0.15, -0.1) is 0 Å². The number of rotatable bonds is 5. The summed E-state index contributed by atoms with van der Waals surface area (Å²) in [6.07, 6.45) is 0.638. The first-order valence-corrected chi connectivity index (χ1v) is 6.32. The molecule has 6 nitrogen and oxygen atoms in total. The zero-order chi connectivity index (χ0) is 15.5. The van der Waals surface area contributed by atoms with Crippen LogP contribution in [0.3, 0.4) is 0 Å². The number of ether oxygens (including phenoxy) is 1. The lowest BCUT2D eigenvalue weighted by Gasteiger charge is -2.10. The molecule has 0 aromatic heterocycles. The van der Waals surface area contributed by atoms with Crippen LogP contribution in [-0.4, -0.2) is 34.8 Å². The van der Waals surface area contributed by atoms with Crippen LogP contribution in [0.15, 0.2) is 24.3 Å². The minimum absolute atomic E-state index is 0.198. The molecule has 0 heterocycles. The quantitative estimate of drug-likeness (QED) is 0.703. The molecule has 112 valence electrons. The van der Waals surface area contributed by atoms with Gasteiger partial charge in [0.25, 0.3) is 0 Å². The first kappa shape index (κ1) is 17.9. The highest BCUT2D eigenvalue weighted by Crippen LogP contribution is 2.11. The van der Waals surface area contributed by atoms with Crippen molar-refractivity contribution in [3.8, 4) is 5.75 Å². The van der Waals surface area contributed by atoms with E-state index in [0.717, 1.165) is 5.56 Å². The Morgan fingerprint density at radius 2 is 1.75 bits per heavy atom. The van der Waals surface area contributed by atoms with Crippen molar-refractivity contribution in [2.45, 2.75) is 32.7 Å². The molecule has 0 bridgehead atoms. The van der Waals surface area contributed by atoms with Gasteiger partial charge < -0.3 is 20.7 Å². The maximum Gasteiger partial charge on any atom is 0.323 e. The van der Waals surface area contributed by atoms with Gasteiger partial charge in [0.05, 0.1) is 6.61 Å². The van der Waals surface area contributed by atoms with E-state index in [1.807, 2.05) is 0 Å². The molecule has 0 saturated heterocycles. The first-order valence-electron chi connectivity index (χ1n) is 6.32. The van der Waals surface area contributed by atoms with E-state index in [4.69, 9.17) is 20.7 Å². The molecule has 0 aliphatic heterocycles. The van der Waals surface area contributed by atoms with Gasteiger partial charge in [0.2, 0.25) is 0 Å². The number of aliphatic carboxylic acids is 1. The maximum atomic E-state index is 11.2. The van der Waals surface area contributed by atoms with Gasteiger partial charge in [-0.05, 0) is 31.0 Å². The fourth-order valence-corrected chi connectivity index (χ4v) is 1.22. The Bertz CT molecular complexity index is 416. The number of benzene rings is 1. The van der Waals surface area contributed by atoms with Gasteiger partial charge in [-0.2, -0.15) is 0 Å². The van der Waals surface area contributed by atoms with E-state index in [1.165, 1.54) is 0 Å². The van der Waals surface area contributed by atoms with Crippen molar-refractivity contribution in [3.05, 3.63) is 29.8 Å². The smallest absolute Gasteiger partial charge is 0.323 e. The summed E-state index contributed by atoms with van der Waals surface area (Å²) in [7, 11) is 0. The van der Waals surface area contributed by atoms with E-state index in [9.17, 15) is 9.59 Å². The second-order valence-electron chi connectivity index (χ2n) is 3.98. The molecule has 0 aliphatic rings. The monoisotopic (exact) mass is 283 g/mol. The molecule has 1 rings (SSSR count). The number of hydrogen-bond donors (Lipinski definition) is 3. The molecule has 0 radical (unpaired) electrons. The summed E-state index contributed by atoms with van der Waals surface area (Å²) in [4.78, 5) is 20.6. The normalized spacial score (nSPS) is 10.9. The molecule has 0 spiro atoms. The molecule has 20 heavy (non-hydrogen) atoms. The fourth-order valence-electron chi connectivity index (χ4n) is 1.22. The van der Waals surface area contributed by atoms with Crippen LogP contribution in [0, 0.1) is 0 Å². The summed E-state index contributed by atoms with van der Waals surface area (Å²) in [5.74, 6) is -0.945. The lowest BCUT2D eigenvalue weighted by molar-refractivity contribution is -0.144. The summed E-state index contributed by atoms with van der Waals surface area (Å²) >= 11 is 0. The van der Waals surface area contributed by atoms with Gasteiger partial charge in [0.1, 0.15) is 11.8 Å². The van der Waals surface area contributed by atoms with Crippen molar-refractivity contribution in [1.82, 2.24) is 0 Å². The van der Waals surface area contributed by atoms with Crippen LogP contribution in [-0.2, 0) is 20.7 Å². The summed E-state index contributed by atoms with van der Waals surface area (Å²) in [5.41, 5.74) is 6.53. The summed E-state index contributed by atoms with van der Waals surface area (Å²) < 4.78 is 4.79. The number of hydrogen-bond acceptors (Lipinski definition) is 5. The molecule has 0 amide bonds. The lowest BCUT2D eigenvalue weighted by atomic mass is 10.1. The SMILES string of the molecule is CCC(=O)O.CCOC(=O)[C@@H](N)Cc1ccc(O)cc1. The standard InChI is InChI=1S/C11H15NO3.C3H6O2/c1-2-15-11(14)10(12)7-8-3-5-9(13)6-4-8;1-2-3(4)5/h3-6,10,13H,2,7,12H2,1H3;2H2,1H3,(H,4,5)/t10-;/m0./s1. The molecule has 1 aromatic rings.